The molecule has 2 aromatic carbocycles. The number of carbonyl (C=O) groups excluding carboxylic acids is 3. The number of esters is 1. The fraction of sp³-hybridized carbons (Fsp3) is 0.211. The molecule has 8 nitrogen and oxygen atoms in total. The molecule has 0 aliphatic heterocycles. The first kappa shape index (κ1) is 19.8. The normalized spacial score (nSPS) is 11.4. The van der Waals surface area contributed by atoms with Crippen molar-refractivity contribution in [3.8, 4) is 0 Å². The van der Waals surface area contributed by atoms with Gasteiger partial charge in [-0.1, -0.05) is 6.07 Å². The summed E-state index contributed by atoms with van der Waals surface area (Å²) in [5.74, 6) is -1.50. The molecule has 0 aliphatic rings. The molecule has 2 rings (SSSR count). The van der Waals surface area contributed by atoms with Gasteiger partial charge in [0.2, 0.25) is 0 Å². The smallest absolute Gasteiger partial charge is 0.339 e. The topological polar surface area (TPSA) is 116 Å². The number of ketones is 1. The van der Waals surface area contributed by atoms with Crippen LogP contribution < -0.4 is 5.32 Å². The molecular weight excluding hydrogens is 352 g/mol. The number of nitro benzene ring substituents is 1. The lowest BCUT2D eigenvalue weighted by Crippen LogP contribution is -2.30. The van der Waals surface area contributed by atoms with Gasteiger partial charge in [-0.2, -0.15) is 0 Å². The molecule has 0 saturated heterocycles. The molecule has 0 saturated carbocycles. The third-order valence-corrected chi connectivity index (χ3v) is 3.85. The number of amides is 1. The highest BCUT2D eigenvalue weighted by Gasteiger charge is 2.21. The van der Waals surface area contributed by atoms with Crippen LogP contribution in [0.4, 0.5) is 11.4 Å². The van der Waals surface area contributed by atoms with E-state index in [1.807, 2.05) is 0 Å². The first-order valence-electron chi connectivity index (χ1n) is 8.07. The Morgan fingerprint density at radius 2 is 1.67 bits per heavy atom. The quantitative estimate of drug-likeness (QED) is 0.361. The second-order valence-corrected chi connectivity index (χ2v) is 5.93. The Bertz CT molecular complexity index is 905. The monoisotopic (exact) mass is 370 g/mol. The van der Waals surface area contributed by atoms with E-state index >= 15 is 0 Å². The van der Waals surface area contributed by atoms with Gasteiger partial charge < -0.3 is 10.1 Å². The van der Waals surface area contributed by atoms with Gasteiger partial charge >= 0.3 is 5.97 Å². The Kier molecular flexibility index (Phi) is 6.02. The standard InChI is InChI=1S/C19H18N2O6/c1-11-4-5-15(10-17(11)21(25)26)19(24)27-13(3)18(23)20-16-8-6-14(7-9-16)12(2)22/h4-10,13H,1-3H3,(H,20,23)/t13-/m0/s1. The molecule has 27 heavy (non-hydrogen) atoms. The van der Waals surface area contributed by atoms with Crippen LogP contribution in [0.1, 0.15) is 40.1 Å². The molecule has 0 fully saturated rings. The summed E-state index contributed by atoms with van der Waals surface area (Å²) in [5.41, 5.74) is 1.15. The van der Waals surface area contributed by atoms with Gasteiger partial charge in [-0.15, -0.1) is 0 Å². The van der Waals surface area contributed by atoms with Crippen molar-refractivity contribution in [2.45, 2.75) is 26.9 Å². The summed E-state index contributed by atoms with van der Waals surface area (Å²) in [5, 5.41) is 13.5. The third-order valence-electron chi connectivity index (χ3n) is 3.85. The number of ether oxygens (including phenoxy) is 1. The minimum absolute atomic E-state index is 0.0160. The summed E-state index contributed by atoms with van der Waals surface area (Å²) in [6.07, 6.45) is -1.12. The highest BCUT2D eigenvalue weighted by atomic mass is 16.6. The largest absolute Gasteiger partial charge is 0.449 e. The molecule has 1 amide bonds. The molecule has 0 radical (unpaired) electrons. The van der Waals surface area contributed by atoms with Gasteiger partial charge in [0.05, 0.1) is 10.5 Å². The molecule has 2 aromatic rings. The lowest BCUT2D eigenvalue weighted by Gasteiger charge is -2.14. The Morgan fingerprint density at radius 3 is 2.22 bits per heavy atom. The second-order valence-electron chi connectivity index (χ2n) is 5.93. The maximum atomic E-state index is 12.2. The zero-order chi connectivity index (χ0) is 20.1. The summed E-state index contributed by atoms with van der Waals surface area (Å²) in [6.45, 7) is 4.38. The number of nitro groups is 1. The number of benzene rings is 2. The molecule has 0 aliphatic carbocycles. The number of hydrogen-bond donors (Lipinski definition) is 1. The number of aryl methyl sites for hydroxylation is 1. The van der Waals surface area contributed by atoms with E-state index in [0.29, 0.717) is 16.8 Å². The average Bonchev–Trinajstić information content (AvgIpc) is 2.62. The molecule has 0 spiro atoms. The molecule has 0 aromatic heterocycles. The van der Waals surface area contributed by atoms with E-state index in [0.717, 1.165) is 6.07 Å². The van der Waals surface area contributed by atoms with E-state index in [1.54, 1.807) is 31.2 Å². The Hall–Kier alpha value is -3.55. The predicted molar refractivity (Wildman–Crippen MR) is 97.8 cm³/mol. The fourth-order valence-electron chi connectivity index (χ4n) is 2.25. The number of nitrogens with zero attached hydrogens (tertiary/aromatic N) is 1. The van der Waals surface area contributed by atoms with Crippen LogP contribution in [0, 0.1) is 17.0 Å². The highest BCUT2D eigenvalue weighted by Crippen LogP contribution is 2.20. The third kappa shape index (κ3) is 4.97. The summed E-state index contributed by atoms with van der Waals surface area (Å²) >= 11 is 0. The summed E-state index contributed by atoms with van der Waals surface area (Å²) in [7, 11) is 0. The number of rotatable bonds is 6. The lowest BCUT2D eigenvalue weighted by atomic mass is 10.1. The summed E-state index contributed by atoms with van der Waals surface area (Å²) < 4.78 is 5.08. The van der Waals surface area contributed by atoms with Crippen molar-refractivity contribution in [3.05, 3.63) is 69.3 Å². The minimum atomic E-state index is -1.12. The molecular formula is C19H18N2O6. The van der Waals surface area contributed by atoms with Crippen LogP contribution in [0.5, 0.6) is 0 Å². The van der Waals surface area contributed by atoms with Crippen molar-refractivity contribution in [2.24, 2.45) is 0 Å². The van der Waals surface area contributed by atoms with Crippen molar-refractivity contribution < 1.29 is 24.0 Å². The van der Waals surface area contributed by atoms with Crippen LogP contribution in [0.25, 0.3) is 0 Å². The minimum Gasteiger partial charge on any atom is -0.449 e. The van der Waals surface area contributed by atoms with E-state index < -0.39 is 22.9 Å². The van der Waals surface area contributed by atoms with E-state index in [1.165, 1.54) is 26.0 Å². The SMILES string of the molecule is CC(=O)c1ccc(NC(=O)[C@H](C)OC(=O)c2ccc(C)c([N+](=O)[O-])c2)cc1. The van der Waals surface area contributed by atoms with Crippen molar-refractivity contribution in [2.75, 3.05) is 5.32 Å². The van der Waals surface area contributed by atoms with Gasteiger partial charge in [-0.05, 0) is 51.1 Å². The van der Waals surface area contributed by atoms with Gasteiger partial charge in [0, 0.05) is 22.9 Å². The van der Waals surface area contributed by atoms with Crippen molar-refractivity contribution in [3.63, 3.8) is 0 Å². The number of Topliss-reactive ketones (excluding diaryl/α,β-unsaturated/α-hetero) is 1. The van der Waals surface area contributed by atoms with Gasteiger partial charge in [0.15, 0.2) is 11.9 Å². The number of anilines is 1. The summed E-state index contributed by atoms with van der Waals surface area (Å²) in [4.78, 5) is 45.9. The van der Waals surface area contributed by atoms with Crippen molar-refractivity contribution in [1.29, 1.82) is 0 Å². The Morgan fingerprint density at radius 1 is 1.07 bits per heavy atom. The van der Waals surface area contributed by atoms with Gasteiger partial charge in [0.1, 0.15) is 0 Å². The van der Waals surface area contributed by atoms with Gasteiger partial charge in [0.25, 0.3) is 11.6 Å². The molecule has 0 unspecified atom stereocenters. The van der Waals surface area contributed by atoms with Gasteiger partial charge in [-0.25, -0.2) is 4.79 Å². The van der Waals surface area contributed by atoms with Crippen LogP contribution in [0.3, 0.4) is 0 Å². The Balaban J connectivity index is 2.03. The molecule has 0 heterocycles. The maximum Gasteiger partial charge on any atom is 0.339 e. The van der Waals surface area contributed by atoms with E-state index in [2.05, 4.69) is 5.32 Å². The van der Waals surface area contributed by atoms with Crippen molar-refractivity contribution >= 4 is 29.0 Å². The predicted octanol–water partition coefficient (Wildman–Crippen LogP) is 3.29. The van der Waals surface area contributed by atoms with Crippen LogP contribution in [0.2, 0.25) is 0 Å². The number of hydrogen-bond acceptors (Lipinski definition) is 6. The van der Waals surface area contributed by atoms with E-state index in [-0.39, 0.29) is 17.0 Å². The lowest BCUT2D eigenvalue weighted by molar-refractivity contribution is -0.385. The molecule has 1 atom stereocenters. The van der Waals surface area contributed by atoms with Crippen LogP contribution >= 0.6 is 0 Å². The average molecular weight is 370 g/mol. The zero-order valence-corrected chi connectivity index (χ0v) is 15.0. The molecule has 1 N–H and O–H groups in total. The number of nitrogens with one attached hydrogen (secondary N) is 1. The molecule has 0 bridgehead atoms. The number of carbonyl (C=O) groups is 3. The van der Waals surface area contributed by atoms with Crippen LogP contribution in [0.15, 0.2) is 42.5 Å². The zero-order valence-electron chi connectivity index (χ0n) is 15.0. The second kappa shape index (κ2) is 8.22. The van der Waals surface area contributed by atoms with E-state index in [4.69, 9.17) is 4.74 Å². The molecule has 8 heteroatoms. The summed E-state index contributed by atoms with van der Waals surface area (Å²) in [6, 6.07) is 10.2. The maximum absolute atomic E-state index is 12.2. The fourth-order valence-corrected chi connectivity index (χ4v) is 2.25. The highest BCUT2D eigenvalue weighted by molar-refractivity contribution is 5.98. The Labute approximate surface area is 155 Å². The van der Waals surface area contributed by atoms with Crippen LogP contribution in [-0.2, 0) is 9.53 Å². The first-order chi connectivity index (χ1) is 12.7. The molecule has 140 valence electrons. The van der Waals surface area contributed by atoms with Crippen molar-refractivity contribution in [1.82, 2.24) is 0 Å². The van der Waals surface area contributed by atoms with E-state index in [9.17, 15) is 24.5 Å². The van der Waals surface area contributed by atoms with Gasteiger partial charge in [-0.3, -0.25) is 19.7 Å². The first-order valence-corrected chi connectivity index (χ1v) is 8.07. The van der Waals surface area contributed by atoms with Crippen LogP contribution in [-0.4, -0.2) is 28.7 Å².